The molecule has 0 saturated carbocycles. The highest BCUT2D eigenvalue weighted by Crippen LogP contribution is 2.21. The molecule has 0 aliphatic carbocycles. The molecule has 6 nitrogen and oxygen atoms in total. The minimum atomic E-state index is -0.0813. The summed E-state index contributed by atoms with van der Waals surface area (Å²) in [5.41, 5.74) is 2.28. The summed E-state index contributed by atoms with van der Waals surface area (Å²) in [6, 6.07) is 13.4. The number of nitrogens with zero attached hydrogens (tertiary/aromatic N) is 2. The van der Waals surface area contributed by atoms with E-state index in [1.165, 1.54) is 0 Å². The number of benzene rings is 1. The third-order valence-corrected chi connectivity index (χ3v) is 4.14. The Labute approximate surface area is 153 Å². The first kappa shape index (κ1) is 18.1. The SMILES string of the molecule is CN(C)CCNC(=O)c1cc2occc2n1CCCOc1ccccc1. The van der Waals surface area contributed by atoms with E-state index in [1.54, 1.807) is 12.3 Å². The fraction of sp³-hybridized carbons (Fsp3) is 0.350. The van der Waals surface area contributed by atoms with Crippen LogP contribution in [0.15, 0.2) is 53.1 Å². The van der Waals surface area contributed by atoms with Gasteiger partial charge >= 0.3 is 0 Å². The quantitative estimate of drug-likeness (QED) is 0.600. The number of fused-ring (bicyclic) bond motifs is 1. The van der Waals surface area contributed by atoms with Crippen LogP contribution in [0.2, 0.25) is 0 Å². The zero-order valence-electron chi connectivity index (χ0n) is 15.3. The number of ether oxygens (including phenoxy) is 1. The molecule has 0 radical (unpaired) electrons. The fourth-order valence-corrected chi connectivity index (χ4v) is 2.82. The number of carbonyl (C=O) groups is 1. The zero-order valence-corrected chi connectivity index (χ0v) is 15.3. The molecule has 1 N–H and O–H groups in total. The van der Waals surface area contributed by atoms with Crippen molar-refractivity contribution in [2.24, 2.45) is 0 Å². The Morgan fingerprint density at radius 3 is 2.81 bits per heavy atom. The average molecular weight is 355 g/mol. The second-order valence-corrected chi connectivity index (χ2v) is 6.43. The maximum atomic E-state index is 12.5. The summed E-state index contributed by atoms with van der Waals surface area (Å²) in [5, 5.41) is 2.96. The molecular weight excluding hydrogens is 330 g/mol. The third kappa shape index (κ3) is 4.46. The molecule has 2 heterocycles. The van der Waals surface area contributed by atoms with Gasteiger partial charge in [0.05, 0.1) is 18.4 Å². The molecule has 0 fully saturated rings. The number of hydrogen-bond donors (Lipinski definition) is 1. The van der Waals surface area contributed by atoms with Crippen LogP contribution < -0.4 is 10.1 Å². The van der Waals surface area contributed by atoms with E-state index in [-0.39, 0.29) is 5.91 Å². The van der Waals surface area contributed by atoms with Gasteiger partial charge in [-0.15, -0.1) is 0 Å². The molecule has 1 aromatic carbocycles. The van der Waals surface area contributed by atoms with E-state index in [4.69, 9.17) is 9.15 Å². The molecule has 3 rings (SSSR count). The summed E-state index contributed by atoms with van der Waals surface area (Å²) in [6.45, 7) is 2.68. The van der Waals surface area contributed by atoms with Crippen molar-refractivity contribution in [3.63, 3.8) is 0 Å². The number of furan rings is 1. The second kappa shape index (κ2) is 8.58. The molecule has 6 heteroatoms. The number of amides is 1. The van der Waals surface area contributed by atoms with Gasteiger partial charge in [0.2, 0.25) is 0 Å². The molecule has 138 valence electrons. The molecule has 2 aromatic heterocycles. The maximum absolute atomic E-state index is 12.5. The Hall–Kier alpha value is -2.73. The predicted molar refractivity (Wildman–Crippen MR) is 102 cm³/mol. The average Bonchev–Trinajstić information content (AvgIpc) is 3.21. The molecule has 0 aliphatic heterocycles. The predicted octanol–water partition coefficient (Wildman–Crippen LogP) is 2.99. The number of rotatable bonds is 9. The van der Waals surface area contributed by atoms with Gasteiger partial charge in [-0.25, -0.2) is 0 Å². The molecule has 3 aromatic rings. The van der Waals surface area contributed by atoms with Crippen molar-refractivity contribution in [1.29, 1.82) is 0 Å². The minimum Gasteiger partial charge on any atom is -0.494 e. The number of carbonyl (C=O) groups excluding carboxylic acids is 1. The number of hydrogen-bond acceptors (Lipinski definition) is 4. The van der Waals surface area contributed by atoms with E-state index in [1.807, 2.05) is 60.0 Å². The van der Waals surface area contributed by atoms with Crippen LogP contribution in [-0.4, -0.2) is 49.2 Å². The summed E-state index contributed by atoms with van der Waals surface area (Å²) < 4.78 is 13.2. The monoisotopic (exact) mass is 355 g/mol. The summed E-state index contributed by atoms with van der Waals surface area (Å²) in [4.78, 5) is 14.6. The van der Waals surface area contributed by atoms with E-state index >= 15 is 0 Å². The lowest BCUT2D eigenvalue weighted by Gasteiger charge is -2.13. The van der Waals surface area contributed by atoms with Crippen LogP contribution in [0.25, 0.3) is 11.1 Å². The topological polar surface area (TPSA) is 59.6 Å². The normalized spacial score (nSPS) is 11.2. The van der Waals surface area contributed by atoms with Crippen molar-refractivity contribution in [3.05, 3.63) is 54.4 Å². The number of likely N-dealkylation sites (N-methyl/N-ethyl adjacent to an activating group) is 1. The molecule has 0 unspecified atom stereocenters. The highest BCUT2D eigenvalue weighted by Gasteiger charge is 2.17. The second-order valence-electron chi connectivity index (χ2n) is 6.43. The summed E-state index contributed by atoms with van der Waals surface area (Å²) in [7, 11) is 3.96. The van der Waals surface area contributed by atoms with E-state index < -0.39 is 0 Å². The molecule has 26 heavy (non-hydrogen) atoms. The van der Waals surface area contributed by atoms with Gasteiger partial charge in [0, 0.05) is 31.8 Å². The Kier molecular flexibility index (Phi) is 5.96. The van der Waals surface area contributed by atoms with E-state index in [0.29, 0.717) is 25.4 Å². The van der Waals surface area contributed by atoms with Gasteiger partial charge in [0.1, 0.15) is 11.4 Å². The van der Waals surface area contributed by atoms with E-state index in [9.17, 15) is 4.79 Å². The van der Waals surface area contributed by atoms with Gasteiger partial charge in [-0.1, -0.05) is 18.2 Å². The van der Waals surface area contributed by atoms with E-state index in [0.717, 1.165) is 29.8 Å². The van der Waals surface area contributed by atoms with Gasteiger partial charge < -0.3 is 23.9 Å². The van der Waals surface area contributed by atoms with Gasteiger partial charge in [-0.3, -0.25) is 4.79 Å². The first-order chi connectivity index (χ1) is 12.6. The number of para-hydroxylation sites is 1. The molecule has 1 amide bonds. The lowest BCUT2D eigenvalue weighted by molar-refractivity contribution is 0.0941. The van der Waals surface area contributed by atoms with Crippen molar-refractivity contribution in [3.8, 4) is 5.75 Å². The van der Waals surface area contributed by atoms with Crippen molar-refractivity contribution in [2.75, 3.05) is 33.8 Å². The lowest BCUT2D eigenvalue weighted by atomic mass is 10.3. The van der Waals surface area contributed by atoms with Crippen LogP contribution in [0.5, 0.6) is 5.75 Å². The van der Waals surface area contributed by atoms with Crippen LogP contribution in [0.3, 0.4) is 0 Å². The summed E-state index contributed by atoms with van der Waals surface area (Å²) in [6.07, 6.45) is 2.44. The van der Waals surface area contributed by atoms with Crippen LogP contribution >= 0.6 is 0 Å². The van der Waals surface area contributed by atoms with Crippen LogP contribution in [0, 0.1) is 0 Å². The van der Waals surface area contributed by atoms with Crippen molar-refractivity contribution < 1.29 is 13.9 Å². The Morgan fingerprint density at radius 1 is 1.23 bits per heavy atom. The lowest BCUT2D eigenvalue weighted by Crippen LogP contribution is -2.32. The minimum absolute atomic E-state index is 0.0813. The first-order valence-corrected chi connectivity index (χ1v) is 8.82. The van der Waals surface area contributed by atoms with Crippen molar-refractivity contribution >= 4 is 17.0 Å². The Balaban J connectivity index is 1.62. The van der Waals surface area contributed by atoms with Gasteiger partial charge in [0.25, 0.3) is 5.91 Å². The number of aryl methyl sites for hydroxylation is 1. The van der Waals surface area contributed by atoms with Crippen LogP contribution in [0.1, 0.15) is 16.9 Å². The molecule has 0 atom stereocenters. The molecule has 0 spiro atoms. The van der Waals surface area contributed by atoms with Crippen molar-refractivity contribution in [2.45, 2.75) is 13.0 Å². The van der Waals surface area contributed by atoms with Gasteiger partial charge in [-0.2, -0.15) is 0 Å². The van der Waals surface area contributed by atoms with Crippen LogP contribution in [0.4, 0.5) is 0 Å². The molecular formula is C20H25N3O3. The summed E-state index contributed by atoms with van der Waals surface area (Å²) >= 11 is 0. The zero-order chi connectivity index (χ0) is 18.4. The van der Waals surface area contributed by atoms with Crippen LogP contribution in [-0.2, 0) is 6.54 Å². The molecule has 0 saturated heterocycles. The van der Waals surface area contributed by atoms with E-state index in [2.05, 4.69) is 5.32 Å². The molecule has 0 bridgehead atoms. The maximum Gasteiger partial charge on any atom is 0.268 e. The summed E-state index contributed by atoms with van der Waals surface area (Å²) in [5.74, 6) is 0.775. The highest BCUT2D eigenvalue weighted by atomic mass is 16.5. The Morgan fingerprint density at radius 2 is 2.04 bits per heavy atom. The van der Waals surface area contributed by atoms with Gasteiger partial charge in [0.15, 0.2) is 5.58 Å². The Bertz CT molecular complexity index is 836. The number of aromatic nitrogens is 1. The first-order valence-electron chi connectivity index (χ1n) is 8.82. The largest absolute Gasteiger partial charge is 0.494 e. The highest BCUT2D eigenvalue weighted by molar-refractivity contribution is 5.97. The molecule has 0 aliphatic rings. The number of nitrogens with one attached hydrogen (secondary N) is 1. The standard InChI is InChI=1S/C20H25N3O3/c1-22(2)12-10-21-20(24)18-15-19-17(9-14-26-19)23(18)11-6-13-25-16-7-4-3-5-8-16/h3-5,7-9,14-15H,6,10-13H2,1-2H3,(H,21,24). The third-order valence-electron chi connectivity index (χ3n) is 4.14. The van der Waals surface area contributed by atoms with Gasteiger partial charge in [-0.05, 0) is 32.6 Å². The van der Waals surface area contributed by atoms with Crippen molar-refractivity contribution in [1.82, 2.24) is 14.8 Å². The fourth-order valence-electron chi connectivity index (χ4n) is 2.82. The smallest absolute Gasteiger partial charge is 0.268 e.